The number of hydrogen-bond acceptors (Lipinski definition) is 3. The standard InChI is InChI=1S/C16H18N2O2/c1-2-20-16(19)15(13-6-4-3-5-7-13)18-11-10-14(17-18)12-8-9-12/h3-7,10-12,15H,2,8-9H2,1H3. The normalized spacial score (nSPS) is 15.8. The van der Waals surface area contributed by atoms with Crippen LogP contribution in [-0.4, -0.2) is 22.4 Å². The number of ether oxygens (including phenoxy) is 1. The van der Waals surface area contributed by atoms with E-state index in [1.54, 1.807) is 4.68 Å². The van der Waals surface area contributed by atoms with Crippen LogP contribution < -0.4 is 0 Å². The molecule has 4 nitrogen and oxygen atoms in total. The summed E-state index contributed by atoms with van der Waals surface area (Å²) in [6.07, 6.45) is 4.28. The molecule has 1 fully saturated rings. The average Bonchev–Trinajstić information content (AvgIpc) is 3.21. The van der Waals surface area contributed by atoms with Crippen LogP contribution >= 0.6 is 0 Å². The Morgan fingerprint density at radius 2 is 2.10 bits per heavy atom. The van der Waals surface area contributed by atoms with E-state index in [1.165, 1.54) is 12.8 Å². The van der Waals surface area contributed by atoms with E-state index in [0.717, 1.165) is 11.3 Å². The molecule has 1 aromatic heterocycles. The van der Waals surface area contributed by atoms with Gasteiger partial charge in [-0.25, -0.2) is 4.79 Å². The lowest BCUT2D eigenvalue weighted by Gasteiger charge is -2.16. The summed E-state index contributed by atoms with van der Waals surface area (Å²) in [4.78, 5) is 12.3. The molecule has 0 amide bonds. The first-order valence-corrected chi connectivity index (χ1v) is 7.06. The van der Waals surface area contributed by atoms with Crippen molar-refractivity contribution in [2.45, 2.75) is 31.7 Å². The molecule has 0 N–H and O–H groups in total. The molecule has 3 rings (SSSR count). The SMILES string of the molecule is CCOC(=O)C(c1ccccc1)n1ccc(C2CC2)n1. The van der Waals surface area contributed by atoms with Crippen molar-refractivity contribution in [1.82, 2.24) is 9.78 Å². The zero-order valence-electron chi connectivity index (χ0n) is 11.5. The Morgan fingerprint density at radius 1 is 1.35 bits per heavy atom. The first kappa shape index (κ1) is 12.9. The molecule has 1 aliphatic carbocycles. The van der Waals surface area contributed by atoms with E-state index < -0.39 is 6.04 Å². The molecule has 0 aliphatic heterocycles. The molecular weight excluding hydrogens is 252 g/mol. The van der Waals surface area contributed by atoms with Crippen molar-refractivity contribution in [3.63, 3.8) is 0 Å². The van der Waals surface area contributed by atoms with Crippen molar-refractivity contribution in [1.29, 1.82) is 0 Å². The van der Waals surface area contributed by atoms with Gasteiger partial charge in [0.2, 0.25) is 0 Å². The number of hydrogen-bond donors (Lipinski definition) is 0. The highest BCUT2D eigenvalue weighted by Crippen LogP contribution is 2.39. The Bertz CT molecular complexity index is 588. The number of carbonyl (C=O) groups excluding carboxylic acids is 1. The number of esters is 1. The van der Waals surface area contributed by atoms with Gasteiger partial charge in [0.1, 0.15) is 0 Å². The lowest BCUT2D eigenvalue weighted by atomic mass is 10.1. The van der Waals surface area contributed by atoms with Gasteiger partial charge in [0, 0.05) is 12.1 Å². The summed E-state index contributed by atoms with van der Waals surface area (Å²) in [5, 5.41) is 4.57. The lowest BCUT2D eigenvalue weighted by molar-refractivity contribution is -0.146. The molecule has 20 heavy (non-hydrogen) atoms. The molecule has 1 unspecified atom stereocenters. The van der Waals surface area contributed by atoms with Crippen LogP contribution in [0, 0.1) is 0 Å². The van der Waals surface area contributed by atoms with Crippen molar-refractivity contribution in [2.24, 2.45) is 0 Å². The Morgan fingerprint density at radius 3 is 2.75 bits per heavy atom. The topological polar surface area (TPSA) is 44.1 Å². The molecule has 0 bridgehead atoms. The molecule has 1 saturated carbocycles. The van der Waals surface area contributed by atoms with E-state index in [2.05, 4.69) is 5.10 Å². The predicted molar refractivity (Wildman–Crippen MR) is 75.4 cm³/mol. The van der Waals surface area contributed by atoms with E-state index in [1.807, 2.05) is 49.5 Å². The highest BCUT2D eigenvalue weighted by molar-refractivity contribution is 5.78. The van der Waals surface area contributed by atoms with E-state index in [0.29, 0.717) is 12.5 Å². The van der Waals surface area contributed by atoms with Crippen molar-refractivity contribution < 1.29 is 9.53 Å². The highest BCUT2D eigenvalue weighted by atomic mass is 16.5. The van der Waals surface area contributed by atoms with Gasteiger partial charge in [0.15, 0.2) is 6.04 Å². The fraction of sp³-hybridized carbons (Fsp3) is 0.375. The highest BCUT2D eigenvalue weighted by Gasteiger charge is 2.29. The van der Waals surface area contributed by atoms with Crippen molar-refractivity contribution in [2.75, 3.05) is 6.61 Å². The predicted octanol–water partition coefficient (Wildman–Crippen LogP) is 2.91. The zero-order chi connectivity index (χ0) is 13.9. The molecule has 1 aromatic carbocycles. The van der Waals surface area contributed by atoms with Crippen LogP contribution in [0.5, 0.6) is 0 Å². The second-order valence-corrected chi connectivity index (χ2v) is 5.06. The van der Waals surface area contributed by atoms with Gasteiger partial charge < -0.3 is 4.74 Å². The fourth-order valence-corrected chi connectivity index (χ4v) is 2.35. The van der Waals surface area contributed by atoms with Crippen LogP contribution in [-0.2, 0) is 9.53 Å². The molecular formula is C16H18N2O2. The van der Waals surface area contributed by atoms with Crippen LogP contribution in [0.4, 0.5) is 0 Å². The maximum absolute atomic E-state index is 12.3. The second-order valence-electron chi connectivity index (χ2n) is 5.06. The molecule has 0 spiro atoms. The third-order valence-electron chi connectivity index (χ3n) is 3.51. The summed E-state index contributed by atoms with van der Waals surface area (Å²) in [6.45, 7) is 2.19. The first-order valence-electron chi connectivity index (χ1n) is 7.06. The maximum Gasteiger partial charge on any atom is 0.335 e. The fourth-order valence-electron chi connectivity index (χ4n) is 2.35. The van der Waals surface area contributed by atoms with E-state index in [9.17, 15) is 4.79 Å². The lowest BCUT2D eigenvalue weighted by Crippen LogP contribution is -2.23. The van der Waals surface area contributed by atoms with Crippen molar-refractivity contribution >= 4 is 5.97 Å². The Labute approximate surface area is 118 Å². The zero-order valence-corrected chi connectivity index (χ0v) is 11.5. The minimum atomic E-state index is -0.497. The summed E-state index contributed by atoms with van der Waals surface area (Å²) in [6, 6.07) is 11.2. The summed E-state index contributed by atoms with van der Waals surface area (Å²) in [5.74, 6) is 0.319. The molecule has 2 aromatic rings. The van der Waals surface area contributed by atoms with Crippen LogP contribution in [0.2, 0.25) is 0 Å². The van der Waals surface area contributed by atoms with Gasteiger partial charge in [0.25, 0.3) is 0 Å². The van der Waals surface area contributed by atoms with Gasteiger partial charge in [-0.15, -0.1) is 0 Å². The molecule has 1 atom stereocenters. The average molecular weight is 270 g/mol. The monoisotopic (exact) mass is 270 g/mol. The Kier molecular flexibility index (Phi) is 3.54. The minimum absolute atomic E-state index is 0.260. The number of carbonyl (C=O) groups is 1. The van der Waals surface area contributed by atoms with Crippen LogP contribution in [0.1, 0.15) is 43.0 Å². The molecule has 0 radical (unpaired) electrons. The minimum Gasteiger partial charge on any atom is -0.464 e. The molecule has 104 valence electrons. The molecule has 0 saturated heterocycles. The molecule has 1 heterocycles. The van der Waals surface area contributed by atoms with Crippen LogP contribution in [0.3, 0.4) is 0 Å². The van der Waals surface area contributed by atoms with Crippen LogP contribution in [0.25, 0.3) is 0 Å². The summed E-state index contributed by atoms with van der Waals surface area (Å²) in [5.41, 5.74) is 1.98. The van der Waals surface area contributed by atoms with Gasteiger partial charge in [-0.05, 0) is 31.4 Å². The smallest absolute Gasteiger partial charge is 0.335 e. The van der Waals surface area contributed by atoms with Gasteiger partial charge in [-0.3, -0.25) is 4.68 Å². The first-order chi connectivity index (χ1) is 9.79. The largest absolute Gasteiger partial charge is 0.464 e. The summed E-state index contributed by atoms with van der Waals surface area (Å²) < 4.78 is 6.92. The van der Waals surface area contributed by atoms with Gasteiger partial charge in [0.05, 0.1) is 12.3 Å². The van der Waals surface area contributed by atoms with Crippen molar-refractivity contribution in [3.8, 4) is 0 Å². The molecule has 1 aliphatic rings. The third-order valence-corrected chi connectivity index (χ3v) is 3.51. The van der Waals surface area contributed by atoms with Gasteiger partial charge >= 0.3 is 5.97 Å². The summed E-state index contributed by atoms with van der Waals surface area (Å²) in [7, 11) is 0. The second kappa shape index (κ2) is 5.49. The summed E-state index contributed by atoms with van der Waals surface area (Å²) >= 11 is 0. The molecule has 4 heteroatoms. The number of benzene rings is 1. The van der Waals surface area contributed by atoms with E-state index in [4.69, 9.17) is 4.74 Å². The quantitative estimate of drug-likeness (QED) is 0.785. The number of aromatic nitrogens is 2. The van der Waals surface area contributed by atoms with E-state index >= 15 is 0 Å². The third kappa shape index (κ3) is 2.59. The van der Waals surface area contributed by atoms with Crippen LogP contribution in [0.15, 0.2) is 42.6 Å². The Hall–Kier alpha value is -2.10. The van der Waals surface area contributed by atoms with Crippen molar-refractivity contribution in [3.05, 3.63) is 53.9 Å². The number of nitrogens with zero attached hydrogens (tertiary/aromatic N) is 2. The number of rotatable bonds is 5. The van der Waals surface area contributed by atoms with Gasteiger partial charge in [-0.1, -0.05) is 30.3 Å². The van der Waals surface area contributed by atoms with E-state index in [-0.39, 0.29) is 5.97 Å². The Balaban J connectivity index is 1.93. The van der Waals surface area contributed by atoms with Gasteiger partial charge in [-0.2, -0.15) is 5.10 Å². The maximum atomic E-state index is 12.3.